The van der Waals surface area contributed by atoms with Crippen molar-refractivity contribution in [2.45, 2.75) is 44.7 Å². The Morgan fingerprint density at radius 2 is 1.86 bits per heavy atom. The van der Waals surface area contributed by atoms with Gasteiger partial charge in [-0.15, -0.1) is 11.3 Å². The van der Waals surface area contributed by atoms with E-state index in [4.69, 9.17) is 0 Å². The zero-order valence-corrected chi connectivity index (χ0v) is 18.7. The molecule has 29 heavy (non-hydrogen) atoms. The molecule has 0 aliphatic carbocycles. The Kier molecular flexibility index (Phi) is 5.92. The molecule has 1 aliphatic heterocycles. The van der Waals surface area contributed by atoms with Gasteiger partial charge in [0.1, 0.15) is 16.1 Å². The summed E-state index contributed by atoms with van der Waals surface area (Å²) >= 11 is 3.27. The van der Waals surface area contributed by atoms with Gasteiger partial charge < -0.3 is 4.90 Å². The van der Waals surface area contributed by atoms with Gasteiger partial charge in [0.15, 0.2) is 12.4 Å². The second-order valence-electron chi connectivity index (χ2n) is 7.12. The lowest BCUT2D eigenvalue weighted by Gasteiger charge is -2.11. The molecule has 1 aromatic carbocycles. The van der Waals surface area contributed by atoms with E-state index in [9.17, 15) is 4.79 Å². The highest BCUT2D eigenvalue weighted by molar-refractivity contribution is 8.08. The summed E-state index contributed by atoms with van der Waals surface area (Å²) in [5, 5.41) is 1.02. The summed E-state index contributed by atoms with van der Waals surface area (Å²) in [7, 11) is 2.04. The van der Waals surface area contributed by atoms with Gasteiger partial charge in [0.2, 0.25) is 0 Å². The number of fused-ring (bicyclic) bond motifs is 1. The molecule has 4 rings (SSSR count). The van der Waals surface area contributed by atoms with E-state index in [-0.39, 0.29) is 5.56 Å². The predicted molar refractivity (Wildman–Crippen MR) is 123 cm³/mol. The number of benzene rings is 1. The van der Waals surface area contributed by atoms with E-state index in [0.717, 1.165) is 32.0 Å². The number of thioether (sulfide) groups is 1. The van der Waals surface area contributed by atoms with Gasteiger partial charge in [-0.1, -0.05) is 37.2 Å². The van der Waals surface area contributed by atoms with Crippen LogP contribution in [-0.2, 0) is 13.1 Å². The maximum atomic E-state index is 13.2. The van der Waals surface area contributed by atoms with Gasteiger partial charge in [-0.3, -0.25) is 9.36 Å². The van der Waals surface area contributed by atoms with Gasteiger partial charge in [-0.25, -0.2) is 4.57 Å². The maximum Gasteiger partial charge on any atom is 0.271 e. The molecule has 0 unspecified atom stereocenters. The topological polar surface area (TPSA) is 29.1 Å². The minimum absolute atomic E-state index is 0.0971. The molecular weight excluding hydrogens is 398 g/mol. The van der Waals surface area contributed by atoms with Crippen molar-refractivity contribution in [1.29, 1.82) is 0 Å². The van der Waals surface area contributed by atoms with Crippen LogP contribution in [0.15, 0.2) is 58.5 Å². The van der Waals surface area contributed by atoms with Crippen LogP contribution in [0, 0.1) is 0 Å². The van der Waals surface area contributed by atoms with E-state index in [1.165, 1.54) is 17.7 Å². The smallest absolute Gasteiger partial charge is 0.271 e. The number of anilines is 1. The van der Waals surface area contributed by atoms with Gasteiger partial charge in [-0.2, -0.15) is 0 Å². The van der Waals surface area contributed by atoms with Gasteiger partial charge in [0.25, 0.3) is 5.56 Å². The summed E-state index contributed by atoms with van der Waals surface area (Å²) in [6.45, 7) is 5.95. The second kappa shape index (κ2) is 8.59. The largest absolute Gasteiger partial charge is 0.337 e. The average Bonchev–Trinajstić information content (AvgIpc) is 3.24. The number of unbranched alkanes of at least 4 members (excludes halogenated alkanes) is 1. The zero-order chi connectivity index (χ0) is 20.4. The molecular formula is C23H26N3OS2+. The lowest BCUT2D eigenvalue weighted by atomic mass is 10.2. The third kappa shape index (κ3) is 3.91. The minimum Gasteiger partial charge on any atom is -0.337 e. The average molecular weight is 425 g/mol. The van der Waals surface area contributed by atoms with E-state index < -0.39 is 0 Å². The monoisotopic (exact) mass is 424 g/mol. The van der Waals surface area contributed by atoms with Crippen LogP contribution in [0.3, 0.4) is 0 Å². The van der Waals surface area contributed by atoms with Crippen molar-refractivity contribution in [1.82, 2.24) is 4.57 Å². The van der Waals surface area contributed by atoms with E-state index >= 15 is 0 Å². The van der Waals surface area contributed by atoms with Crippen LogP contribution < -0.4 is 24.2 Å². The van der Waals surface area contributed by atoms with E-state index in [2.05, 4.69) is 59.1 Å². The Balaban J connectivity index is 1.78. The number of rotatable bonds is 5. The molecule has 0 amide bonds. The molecule has 0 radical (unpaired) electrons. The van der Waals surface area contributed by atoms with Crippen LogP contribution in [0.25, 0.3) is 11.1 Å². The first kappa shape index (κ1) is 20.0. The highest BCUT2D eigenvalue weighted by atomic mass is 32.2. The first-order chi connectivity index (χ1) is 14.1. The molecule has 0 saturated carbocycles. The molecule has 0 atom stereocenters. The lowest BCUT2D eigenvalue weighted by Crippen LogP contribution is -2.33. The number of pyridine rings is 1. The van der Waals surface area contributed by atoms with Gasteiger partial charge >= 0.3 is 0 Å². The summed E-state index contributed by atoms with van der Waals surface area (Å²) in [6.07, 6.45) is 8.74. The molecule has 4 nitrogen and oxygen atoms in total. The predicted octanol–water partition coefficient (Wildman–Crippen LogP) is 3.15. The summed E-state index contributed by atoms with van der Waals surface area (Å²) < 4.78 is 5.90. The van der Waals surface area contributed by atoms with Crippen LogP contribution in [0.2, 0.25) is 0 Å². The van der Waals surface area contributed by atoms with Crippen molar-refractivity contribution in [3.8, 4) is 0 Å². The van der Waals surface area contributed by atoms with Crippen molar-refractivity contribution in [2.75, 3.05) is 11.9 Å². The second-order valence-corrected chi connectivity index (χ2v) is 9.18. The summed E-state index contributed by atoms with van der Waals surface area (Å²) in [5.74, 6) is 0. The molecule has 2 aromatic heterocycles. The Morgan fingerprint density at radius 1 is 1.10 bits per heavy atom. The molecule has 150 valence electrons. The van der Waals surface area contributed by atoms with Gasteiger partial charge in [0, 0.05) is 37.0 Å². The highest BCUT2D eigenvalue weighted by Crippen LogP contribution is 2.44. The normalized spacial score (nSPS) is 15.8. The lowest BCUT2D eigenvalue weighted by molar-refractivity contribution is -0.697. The fourth-order valence-electron chi connectivity index (χ4n) is 3.47. The number of nitrogens with zero attached hydrogens (tertiary/aromatic N) is 3. The molecule has 6 heteroatoms. The molecule has 3 aromatic rings. The molecule has 0 spiro atoms. The number of thiazole rings is 1. The number of hydrogen-bond donors (Lipinski definition) is 0. The van der Waals surface area contributed by atoms with Crippen molar-refractivity contribution < 1.29 is 4.57 Å². The van der Waals surface area contributed by atoms with E-state index in [1.807, 2.05) is 30.7 Å². The molecule has 0 fully saturated rings. The van der Waals surface area contributed by atoms with Crippen molar-refractivity contribution in [2.24, 2.45) is 0 Å². The standard InChI is InChI=1S/C23H26N3OS2/c1-4-6-13-25-14-11-17(12-15-25)16-20-26(5-2)22(27)21(29-20)23-24(3)18-9-7-8-10-19(18)28-23/h7-12,14-16H,4-6,13H2,1-3H3/q+1/b23-21-. The third-order valence-electron chi connectivity index (χ3n) is 5.14. The molecule has 3 heterocycles. The Bertz CT molecular complexity index is 1190. The quantitative estimate of drug-likeness (QED) is 0.589. The Morgan fingerprint density at radius 3 is 2.55 bits per heavy atom. The van der Waals surface area contributed by atoms with Crippen molar-refractivity contribution in [3.63, 3.8) is 0 Å². The molecule has 0 bridgehead atoms. The molecule has 1 aliphatic rings. The van der Waals surface area contributed by atoms with E-state index in [1.54, 1.807) is 23.1 Å². The van der Waals surface area contributed by atoms with Crippen LogP contribution >= 0.6 is 23.1 Å². The first-order valence-electron chi connectivity index (χ1n) is 10.1. The van der Waals surface area contributed by atoms with Gasteiger partial charge in [-0.05, 0) is 30.7 Å². The maximum absolute atomic E-state index is 13.2. The van der Waals surface area contributed by atoms with Crippen molar-refractivity contribution in [3.05, 3.63) is 73.9 Å². The van der Waals surface area contributed by atoms with Gasteiger partial charge in [0.05, 0.1) is 10.4 Å². The summed E-state index contributed by atoms with van der Waals surface area (Å²) in [6, 6.07) is 12.5. The third-order valence-corrected chi connectivity index (χ3v) is 7.62. The van der Waals surface area contributed by atoms with Crippen LogP contribution in [0.4, 0.5) is 5.69 Å². The summed E-state index contributed by atoms with van der Waals surface area (Å²) in [5.41, 5.74) is 2.38. The number of para-hydroxylation sites is 1. The minimum atomic E-state index is 0.0971. The molecule has 0 saturated heterocycles. The van der Waals surface area contributed by atoms with Crippen molar-refractivity contribution >= 4 is 39.9 Å². The number of aromatic nitrogens is 2. The Labute approximate surface area is 179 Å². The number of aryl methyl sites for hydroxylation is 1. The van der Waals surface area contributed by atoms with Crippen LogP contribution in [0.1, 0.15) is 32.3 Å². The Hall–Kier alpha value is -2.31. The fourth-order valence-corrected chi connectivity index (χ4v) is 5.94. The number of hydrogen-bond acceptors (Lipinski definition) is 4. The fraction of sp³-hybridized carbons (Fsp3) is 0.304. The first-order valence-corrected chi connectivity index (χ1v) is 11.7. The highest BCUT2D eigenvalue weighted by Gasteiger charge is 2.24. The van der Waals surface area contributed by atoms with Crippen LogP contribution in [-0.4, -0.2) is 11.6 Å². The SMILES string of the molecule is CCCC[n+]1ccc(/C=c2/s/c(=C3\Sc4ccccc4N3C)c(=O)n2CC)cc1. The van der Waals surface area contributed by atoms with E-state index in [0.29, 0.717) is 6.54 Å². The van der Waals surface area contributed by atoms with Crippen LogP contribution in [0.5, 0.6) is 0 Å². The zero-order valence-electron chi connectivity index (χ0n) is 17.1. The molecule has 0 N–H and O–H groups in total. The summed E-state index contributed by atoms with van der Waals surface area (Å²) in [4.78, 5) is 16.5.